The van der Waals surface area contributed by atoms with Gasteiger partial charge in [0.15, 0.2) is 0 Å². The molecule has 0 N–H and O–H groups in total. The molecule has 3 rings (SSSR count). The summed E-state index contributed by atoms with van der Waals surface area (Å²) < 4.78 is 54.5. The van der Waals surface area contributed by atoms with Gasteiger partial charge in [0.2, 0.25) is 19.7 Å². The zero-order chi connectivity index (χ0) is 22.8. The summed E-state index contributed by atoms with van der Waals surface area (Å²) in [5.41, 5.74) is 3.53. The van der Waals surface area contributed by atoms with Crippen molar-refractivity contribution in [2.24, 2.45) is 0 Å². The van der Waals surface area contributed by atoms with Crippen LogP contribution in [0.15, 0.2) is 43.8 Å². The molecule has 1 aliphatic rings. The number of rotatable bonds is 4. The molecule has 0 radical (unpaired) electrons. The molecular weight excluding hydrogens is 416 g/mol. The Morgan fingerprint density at radius 3 is 0.733 bits per heavy atom. The van der Waals surface area contributed by atoms with E-state index in [2.05, 4.69) is 0 Å². The van der Waals surface area contributed by atoms with Gasteiger partial charge in [0.25, 0.3) is 0 Å². The fourth-order valence-electron chi connectivity index (χ4n) is 4.26. The predicted molar refractivity (Wildman–Crippen MR) is 120 cm³/mol. The second-order valence-corrected chi connectivity index (χ2v) is 13.3. The molecule has 0 saturated carbocycles. The summed E-state index contributed by atoms with van der Waals surface area (Å²) in [6.07, 6.45) is 0. The molecule has 30 heavy (non-hydrogen) atoms. The van der Waals surface area contributed by atoms with E-state index in [-0.39, 0.29) is 43.3 Å². The first kappa shape index (κ1) is 23.0. The second-order valence-electron chi connectivity index (χ2n) is 9.48. The lowest BCUT2D eigenvalue weighted by molar-refractivity contribution is 0.567. The summed E-state index contributed by atoms with van der Waals surface area (Å²) in [4.78, 5) is -0.351. The Kier molecular flexibility index (Phi) is 5.74. The third kappa shape index (κ3) is 3.42. The summed E-state index contributed by atoms with van der Waals surface area (Å²) in [5.74, 6) is 0.339. The van der Waals surface area contributed by atoms with E-state index in [9.17, 15) is 16.8 Å². The lowest BCUT2D eigenvalue weighted by atomic mass is 9.90. The van der Waals surface area contributed by atoms with Gasteiger partial charge in [0, 0.05) is 0 Å². The molecule has 2 aromatic rings. The Bertz CT molecular complexity index is 1040. The van der Waals surface area contributed by atoms with Crippen LogP contribution in [-0.4, -0.2) is 16.8 Å². The molecule has 0 aliphatic carbocycles. The van der Waals surface area contributed by atoms with Gasteiger partial charge in [-0.15, -0.1) is 0 Å². The summed E-state index contributed by atoms with van der Waals surface area (Å²) in [6, 6.07) is 6.38. The lowest BCUT2D eigenvalue weighted by Gasteiger charge is -2.27. The van der Waals surface area contributed by atoms with E-state index in [1.165, 1.54) is 0 Å². The first-order chi connectivity index (χ1) is 13.7. The molecular formula is C24H32O4S2. The largest absolute Gasteiger partial charge is 0.218 e. The summed E-state index contributed by atoms with van der Waals surface area (Å²) in [6.45, 7) is 16.0. The van der Waals surface area contributed by atoms with Crippen molar-refractivity contribution in [3.8, 4) is 0 Å². The number of benzene rings is 2. The van der Waals surface area contributed by atoms with Gasteiger partial charge in [0.1, 0.15) is 0 Å². The molecule has 1 heterocycles. The van der Waals surface area contributed by atoms with Gasteiger partial charge >= 0.3 is 0 Å². The third-order valence-corrected chi connectivity index (χ3v) is 9.87. The van der Waals surface area contributed by atoms with Crippen molar-refractivity contribution in [3.63, 3.8) is 0 Å². The van der Waals surface area contributed by atoms with Crippen LogP contribution in [0.2, 0.25) is 0 Å². The summed E-state index contributed by atoms with van der Waals surface area (Å²) in [5, 5.41) is 0. The topological polar surface area (TPSA) is 68.3 Å². The van der Waals surface area contributed by atoms with Crippen LogP contribution in [0.25, 0.3) is 0 Å². The minimum atomic E-state index is -3.95. The number of fused-ring (bicyclic) bond motifs is 2. The SMILES string of the molecule is CC(C)c1cc2c(cc1C(C)C)S(=O)(=O)c1cc(C(C)C)c(C(C)C)cc1S2(=O)=O. The molecule has 0 saturated heterocycles. The van der Waals surface area contributed by atoms with Gasteiger partial charge in [-0.1, -0.05) is 55.4 Å². The average molecular weight is 449 g/mol. The highest BCUT2D eigenvalue weighted by Crippen LogP contribution is 2.45. The zero-order valence-corrected chi connectivity index (χ0v) is 20.7. The van der Waals surface area contributed by atoms with E-state index in [1.807, 2.05) is 55.4 Å². The minimum Gasteiger partial charge on any atom is -0.218 e. The van der Waals surface area contributed by atoms with E-state index in [0.717, 1.165) is 22.3 Å². The molecule has 0 bridgehead atoms. The molecule has 0 fully saturated rings. The first-order valence-electron chi connectivity index (χ1n) is 10.6. The Labute approximate surface area is 181 Å². The molecule has 164 valence electrons. The van der Waals surface area contributed by atoms with Crippen molar-refractivity contribution < 1.29 is 16.8 Å². The standard InChI is InChI=1S/C24H32O4S2/c1-13(2)17-9-21-22(10-18(17)14(3)4)30(27,28)24-12-20(16(7)8)19(15(5)6)11-23(24)29(21,25)26/h9-16H,1-8H3. The molecule has 0 amide bonds. The first-order valence-corrected chi connectivity index (χ1v) is 13.5. The third-order valence-electron chi connectivity index (χ3n) is 5.94. The van der Waals surface area contributed by atoms with Gasteiger partial charge < -0.3 is 0 Å². The van der Waals surface area contributed by atoms with Crippen molar-refractivity contribution >= 4 is 19.7 Å². The molecule has 2 aromatic carbocycles. The quantitative estimate of drug-likeness (QED) is 0.479. The molecule has 0 atom stereocenters. The summed E-state index contributed by atoms with van der Waals surface area (Å²) in [7, 11) is -7.90. The van der Waals surface area contributed by atoms with Crippen molar-refractivity contribution in [2.75, 3.05) is 0 Å². The maximum absolute atomic E-state index is 13.6. The maximum atomic E-state index is 13.6. The molecule has 0 aromatic heterocycles. The fraction of sp³-hybridized carbons (Fsp3) is 0.500. The van der Waals surface area contributed by atoms with Gasteiger partial charge in [-0.3, -0.25) is 0 Å². The molecule has 0 spiro atoms. The lowest BCUT2D eigenvalue weighted by Crippen LogP contribution is -2.22. The predicted octanol–water partition coefficient (Wildman–Crippen LogP) is 6.16. The van der Waals surface area contributed by atoms with Crippen molar-refractivity contribution in [1.82, 2.24) is 0 Å². The molecule has 0 unspecified atom stereocenters. The number of sulfone groups is 2. The Morgan fingerprint density at radius 2 is 0.600 bits per heavy atom. The van der Waals surface area contributed by atoms with Crippen LogP contribution in [-0.2, 0) is 19.7 Å². The smallest absolute Gasteiger partial charge is 0.209 e. The van der Waals surface area contributed by atoms with Crippen LogP contribution >= 0.6 is 0 Å². The van der Waals surface area contributed by atoms with Crippen molar-refractivity contribution in [3.05, 3.63) is 46.5 Å². The Hall–Kier alpha value is -1.66. The van der Waals surface area contributed by atoms with Crippen LogP contribution in [0.4, 0.5) is 0 Å². The van der Waals surface area contributed by atoms with E-state index < -0.39 is 19.7 Å². The highest BCUT2D eigenvalue weighted by atomic mass is 32.2. The van der Waals surface area contributed by atoms with Crippen LogP contribution in [0, 0.1) is 0 Å². The van der Waals surface area contributed by atoms with Crippen LogP contribution in [0.5, 0.6) is 0 Å². The van der Waals surface area contributed by atoms with Crippen LogP contribution < -0.4 is 0 Å². The van der Waals surface area contributed by atoms with Crippen LogP contribution in [0.3, 0.4) is 0 Å². The van der Waals surface area contributed by atoms with Gasteiger partial charge in [0.05, 0.1) is 19.6 Å². The fourth-order valence-corrected chi connectivity index (χ4v) is 8.47. The highest BCUT2D eigenvalue weighted by Gasteiger charge is 2.41. The van der Waals surface area contributed by atoms with Crippen LogP contribution in [0.1, 0.15) is 101 Å². The Balaban J connectivity index is 2.48. The van der Waals surface area contributed by atoms with Gasteiger partial charge in [-0.2, -0.15) is 0 Å². The molecule has 6 heteroatoms. The Morgan fingerprint density at radius 1 is 0.433 bits per heavy atom. The van der Waals surface area contributed by atoms with Gasteiger partial charge in [-0.05, 0) is 70.2 Å². The number of hydrogen-bond donors (Lipinski definition) is 0. The number of hydrogen-bond acceptors (Lipinski definition) is 4. The molecule has 1 aliphatic heterocycles. The minimum absolute atomic E-state index is 0.0848. The maximum Gasteiger partial charge on any atom is 0.209 e. The van der Waals surface area contributed by atoms with E-state index in [0.29, 0.717) is 0 Å². The van der Waals surface area contributed by atoms with E-state index in [4.69, 9.17) is 0 Å². The monoisotopic (exact) mass is 448 g/mol. The van der Waals surface area contributed by atoms with E-state index >= 15 is 0 Å². The summed E-state index contributed by atoms with van der Waals surface area (Å²) >= 11 is 0. The normalized spacial score (nSPS) is 16.9. The van der Waals surface area contributed by atoms with E-state index in [1.54, 1.807) is 24.3 Å². The second kappa shape index (κ2) is 7.49. The highest BCUT2D eigenvalue weighted by molar-refractivity contribution is 7.97. The average Bonchev–Trinajstić information content (AvgIpc) is 2.64. The van der Waals surface area contributed by atoms with Gasteiger partial charge in [-0.25, -0.2) is 16.8 Å². The van der Waals surface area contributed by atoms with Crippen molar-refractivity contribution in [1.29, 1.82) is 0 Å². The molecule has 4 nitrogen and oxygen atoms in total. The van der Waals surface area contributed by atoms with Crippen molar-refractivity contribution in [2.45, 2.75) is 98.6 Å². The zero-order valence-electron chi connectivity index (χ0n) is 19.1.